The highest BCUT2D eigenvalue weighted by Crippen LogP contribution is 2.44. The summed E-state index contributed by atoms with van der Waals surface area (Å²) in [6.07, 6.45) is 2.54. The van der Waals surface area contributed by atoms with Crippen LogP contribution in [0.5, 0.6) is 0 Å². The van der Waals surface area contributed by atoms with E-state index in [0.717, 1.165) is 10.8 Å². The first-order valence-electron chi connectivity index (χ1n) is 6.28. The Morgan fingerprint density at radius 1 is 1.33 bits per heavy atom. The number of aromatic nitrogens is 1. The Morgan fingerprint density at radius 3 is 2.67 bits per heavy atom. The van der Waals surface area contributed by atoms with Gasteiger partial charge in [-0.3, -0.25) is 0 Å². The summed E-state index contributed by atoms with van der Waals surface area (Å²) in [5.41, 5.74) is 8.22. The van der Waals surface area contributed by atoms with Crippen LogP contribution in [-0.2, 0) is 6.54 Å². The zero-order chi connectivity index (χ0) is 12.5. The second kappa shape index (κ2) is 4.71. The highest BCUT2D eigenvalue weighted by molar-refractivity contribution is 7.15. The minimum Gasteiger partial charge on any atom is -0.326 e. The van der Waals surface area contributed by atoms with Crippen molar-refractivity contribution < 1.29 is 0 Å². The maximum absolute atomic E-state index is 5.82. The number of nitrogens with two attached hydrogens (primary N) is 1. The van der Waals surface area contributed by atoms with Gasteiger partial charge in [-0.1, -0.05) is 29.5 Å². The maximum Gasteiger partial charge on any atom is 0.190 e. The summed E-state index contributed by atoms with van der Waals surface area (Å²) >= 11 is 1.72. The molecule has 0 aliphatic heterocycles. The number of hydrogen-bond donors (Lipinski definition) is 1. The highest BCUT2D eigenvalue weighted by atomic mass is 32.1. The normalized spacial score (nSPS) is 14.8. The van der Waals surface area contributed by atoms with Gasteiger partial charge < -0.3 is 10.6 Å². The fourth-order valence-electron chi connectivity index (χ4n) is 2.08. The van der Waals surface area contributed by atoms with Gasteiger partial charge >= 0.3 is 0 Å². The van der Waals surface area contributed by atoms with E-state index in [1.807, 2.05) is 18.2 Å². The van der Waals surface area contributed by atoms with Crippen LogP contribution in [0.3, 0.4) is 0 Å². The summed E-state index contributed by atoms with van der Waals surface area (Å²) in [6.45, 7) is 0.603. The van der Waals surface area contributed by atoms with Crippen molar-refractivity contribution in [1.29, 1.82) is 0 Å². The van der Waals surface area contributed by atoms with Crippen molar-refractivity contribution in [2.24, 2.45) is 5.73 Å². The molecule has 0 radical (unpaired) electrons. The molecular weight excluding hydrogens is 242 g/mol. The first-order valence-corrected chi connectivity index (χ1v) is 7.09. The van der Waals surface area contributed by atoms with E-state index in [1.54, 1.807) is 11.3 Å². The molecule has 4 heteroatoms. The Kier molecular flexibility index (Phi) is 3.06. The van der Waals surface area contributed by atoms with E-state index in [9.17, 15) is 0 Å². The second-order valence-corrected chi connectivity index (χ2v) is 5.74. The standard InChI is InChI=1S/C14H17N3S/c1-17(11-5-3-2-4-6-11)14-16-13(10-7-8-10)12(9-15)18-14/h2-6,10H,7-9,15H2,1H3. The fraction of sp³-hybridized carbons (Fsp3) is 0.357. The lowest BCUT2D eigenvalue weighted by atomic mass is 10.2. The lowest BCUT2D eigenvalue weighted by Crippen LogP contribution is -2.08. The molecule has 1 fully saturated rings. The summed E-state index contributed by atoms with van der Waals surface area (Å²) < 4.78 is 0. The number of anilines is 2. The van der Waals surface area contributed by atoms with Crippen LogP contribution in [0.15, 0.2) is 30.3 Å². The van der Waals surface area contributed by atoms with Gasteiger partial charge in [0.05, 0.1) is 5.69 Å². The average Bonchev–Trinajstić information content (AvgIpc) is 3.18. The Morgan fingerprint density at radius 2 is 2.06 bits per heavy atom. The van der Waals surface area contributed by atoms with Crippen molar-refractivity contribution >= 4 is 22.2 Å². The van der Waals surface area contributed by atoms with Crippen molar-refractivity contribution in [3.8, 4) is 0 Å². The Hall–Kier alpha value is -1.39. The van der Waals surface area contributed by atoms with Crippen LogP contribution in [0.1, 0.15) is 29.3 Å². The van der Waals surface area contributed by atoms with Gasteiger partial charge in [0.15, 0.2) is 5.13 Å². The van der Waals surface area contributed by atoms with Gasteiger partial charge in [0, 0.05) is 30.1 Å². The molecule has 0 spiro atoms. The van der Waals surface area contributed by atoms with Crippen molar-refractivity contribution in [3.05, 3.63) is 40.9 Å². The molecule has 0 saturated heterocycles. The molecule has 2 aromatic rings. The van der Waals surface area contributed by atoms with Gasteiger partial charge in [0.1, 0.15) is 0 Å². The molecule has 1 aliphatic rings. The molecule has 0 bridgehead atoms. The molecule has 18 heavy (non-hydrogen) atoms. The van der Waals surface area contributed by atoms with Crippen molar-refractivity contribution in [3.63, 3.8) is 0 Å². The van der Waals surface area contributed by atoms with Crippen LogP contribution in [0.2, 0.25) is 0 Å². The lowest BCUT2D eigenvalue weighted by molar-refractivity contribution is 0.972. The van der Waals surface area contributed by atoms with Crippen LogP contribution in [-0.4, -0.2) is 12.0 Å². The number of thiazole rings is 1. The van der Waals surface area contributed by atoms with Crippen molar-refractivity contribution in [2.75, 3.05) is 11.9 Å². The van der Waals surface area contributed by atoms with E-state index < -0.39 is 0 Å². The molecule has 94 valence electrons. The van der Waals surface area contributed by atoms with Gasteiger partial charge in [-0.25, -0.2) is 4.98 Å². The number of para-hydroxylation sites is 1. The Bertz CT molecular complexity index is 531. The third kappa shape index (κ3) is 2.13. The molecule has 1 aliphatic carbocycles. The monoisotopic (exact) mass is 259 g/mol. The number of rotatable bonds is 4. The van der Waals surface area contributed by atoms with Crippen LogP contribution in [0.25, 0.3) is 0 Å². The Balaban J connectivity index is 1.92. The fourth-order valence-corrected chi connectivity index (χ4v) is 3.09. The quantitative estimate of drug-likeness (QED) is 0.916. The topological polar surface area (TPSA) is 42.2 Å². The molecular formula is C14H17N3S. The smallest absolute Gasteiger partial charge is 0.190 e. The first-order chi connectivity index (χ1) is 8.79. The molecule has 0 atom stereocenters. The van der Waals surface area contributed by atoms with Crippen LogP contribution in [0.4, 0.5) is 10.8 Å². The predicted molar refractivity (Wildman–Crippen MR) is 76.5 cm³/mol. The number of hydrogen-bond acceptors (Lipinski definition) is 4. The van der Waals surface area contributed by atoms with Gasteiger partial charge in [0.25, 0.3) is 0 Å². The average molecular weight is 259 g/mol. The van der Waals surface area contributed by atoms with Crippen molar-refractivity contribution in [1.82, 2.24) is 4.98 Å². The zero-order valence-electron chi connectivity index (χ0n) is 10.5. The summed E-state index contributed by atoms with van der Waals surface area (Å²) in [6, 6.07) is 10.3. The van der Waals surface area contributed by atoms with Crippen LogP contribution < -0.4 is 10.6 Å². The van der Waals surface area contributed by atoms with Gasteiger partial charge in [-0.2, -0.15) is 0 Å². The molecule has 1 saturated carbocycles. The molecule has 2 N–H and O–H groups in total. The third-order valence-corrected chi connectivity index (χ3v) is 4.47. The van der Waals surface area contributed by atoms with Gasteiger partial charge in [0.2, 0.25) is 0 Å². The summed E-state index contributed by atoms with van der Waals surface area (Å²) in [5, 5.41) is 1.04. The maximum atomic E-state index is 5.82. The molecule has 1 heterocycles. The second-order valence-electron chi connectivity index (χ2n) is 4.68. The van der Waals surface area contributed by atoms with E-state index in [-0.39, 0.29) is 0 Å². The Labute approximate surface area is 111 Å². The lowest BCUT2D eigenvalue weighted by Gasteiger charge is -2.15. The SMILES string of the molecule is CN(c1ccccc1)c1nc(C2CC2)c(CN)s1. The summed E-state index contributed by atoms with van der Waals surface area (Å²) in [7, 11) is 2.06. The minimum absolute atomic E-state index is 0.603. The number of nitrogens with zero attached hydrogens (tertiary/aromatic N) is 2. The molecule has 0 amide bonds. The zero-order valence-corrected chi connectivity index (χ0v) is 11.3. The van der Waals surface area contributed by atoms with Crippen LogP contribution in [0, 0.1) is 0 Å². The third-order valence-electron chi connectivity index (χ3n) is 3.30. The van der Waals surface area contributed by atoms with Gasteiger partial charge in [-0.15, -0.1) is 0 Å². The summed E-state index contributed by atoms with van der Waals surface area (Å²) in [4.78, 5) is 8.16. The number of benzene rings is 1. The molecule has 3 nitrogen and oxygen atoms in total. The van der Waals surface area contributed by atoms with Crippen LogP contribution >= 0.6 is 11.3 Å². The molecule has 1 aromatic carbocycles. The van der Waals surface area contributed by atoms with Crippen molar-refractivity contribution in [2.45, 2.75) is 25.3 Å². The predicted octanol–water partition coefficient (Wildman–Crippen LogP) is 3.25. The molecule has 1 aromatic heterocycles. The molecule has 3 rings (SSSR count). The van der Waals surface area contributed by atoms with E-state index >= 15 is 0 Å². The van der Waals surface area contributed by atoms with E-state index in [4.69, 9.17) is 10.7 Å². The van der Waals surface area contributed by atoms with E-state index in [1.165, 1.54) is 23.4 Å². The minimum atomic E-state index is 0.603. The van der Waals surface area contributed by atoms with E-state index in [2.05, 4.69) is 24.1 Å². The molecule has 0 unspecified atom stereocenters. The van der Waals surface area contributed by atoms with E-state index in [0.29, 0.717) is 12.5 Å². The first kappa shape index (κ1) is 11.7. The summed E-state index contributed by atoms with van der Waals surface area (Å²) in [5.74, 6) is 0.665. The highest BCUT2D eigenvalue weighted by Gasteiger charge is 2.29. The largest absolute Gasteiger partial charge is 0.326 e. The van der Waals surface area contributed by atoms with Gasteiger partial charge in [-0.05, 0) is 25.0 Å².